The highest BCUT2D eigenvalue weighted by atomic mass is 32.2. The minimum atomic E-state index is -2.94. The van der Waals surface area contributed by atoms with Crippen molar-refractivity contribution >= 4 is 15.9 Å². The predicted octanol–water partition coefficient (Wildman–Crippen LogP) is -0.0430. The van der Waals surface area contributed by atoms with Gasteiger partial charge in [-0.25, -0.2) is 13.2 Å². The fourth-order valence-electron chi connectivity index (χ4n) is 2.90. The fraction of sp³-hybridized carbons (Fsp3) is 0.917. The molecule has 0 aromatic rings. The maximum absolute atomic E-state index is 11.7. The van der Waals surface area contributed by atoms with Crippen LogP contribution in [0.2, 0.25) is 0 Å². The summed E-state index contributed by atoms with van der Waals surface area (Å²) in [5.41, 5.74) is 0. The van der Waals surface area contributed by atoms with Gasteiger partial charge in [0.2, 0.25) is 0 Å². The van der Waals surface area contributed by atoms with Crippen LogP contribution in [0.5, 0.6) is 0 Å². The number of likely N-dealkylation sites (tertiary alicyclic amines) is 1. The summed E-state index contributed by atoms with van der Waals surface area (Å²) in [6.45, 7) is 4.88. The number of hydrogen-bond acceptors (Lipinski definition) is 4. The summed E-state index contributed by atoms with van der Waals surface area (Å²) in [5.74, 6) is 0.259. The van der Waals surface area contributed by atoms with Gasteiger partial charge in [0.05, 0.1) is 11.5 Å². The number of carbonyl (C=O) groups excluding carboxylic acids is 1. The molecule has 2 aliphatic heterocycles. The van der Waals surface area contributed by atoms with Crippen LogP contribution in [0.4, 0.5) is 4.79 Å². The van der Waals surface area contributed by atoms with E-state index in [0.717, 1.165) is 19.5 Å². The minimum Gasteiger partial charge on any atom is -0.337 e. The monoisotopic (exact) mass is 289 g/mol. The Morgan fingerprint density at radius 3 is 2.79 bits per heavy atom. The predicted molar refractivity (Wildman–Crippen MR) is 73.9 cm³/mol. The molecule has 0 spiro atoms. The van der Waals surface area contributed by atoms with E-state index in [4.69, 9.17) is 0 Å². The molecule has 110 valence electrons. The molecule has 0 bridgehead atoms. The molecule has 2 amide bonds. The normalized spacial score (nSPS) is 30.4. The first-order valence-electron chi connectivity index (χ1n) is 6.99. The van der Waals surface area contributed by atoms with Crippen molar-refractivity contribution < 1.29 is 13.2 Å². The molecule has 0 aromatic carbocycles. The second-order valence-electron chi connectivity index (χ2n) is 5.38. The minimum absolute atomic E-state index is 0.0743. The Labute approximate surface area is 114 Å². The number of sulfone groups is 1. The van der Waals surface area contributed by atoms with Gasteiger partial charge in [-0.1, -0.05) is 6.92 Å². The van der Waals surface area contributed by atoms with Crippen molar-refractivity contribution in [2.45, 2.75) is 38.3 Å². The fourth-order valence-corrected chi connectivity index (χ4v) is 4.57. The zero-order valence-electron chi connectivity index (χ0n) is 11.4. The Hall–Kier alpha value is -0.820. The van der Waals surface area contributed by atoms with Crippen molar-refractivity contribution in [2.75, 3.05) is 31.1 Å². The highest BCUT2D eigenvalue weighted by Gasteiger charge is 2.29. The molecule has 0 radical (unpaired) electrons. The summed E-state index contributed by atoms with van der Waals surface area (Å²) in [5, 5.41) is 5.60. The Bertz CT molecular complexity index is 424. The molecule has 2 fully saturated rings. The second-order valence-corrected chi connectivity index (χ2v) is 7.61. The Kier molecular flexibility index (Phi) is 4.67. The van der Waals surface area contributed by atoms with Gasteiger partial charge in [-0.2, -0.15) is 0 Å². The maximum atomic E-state index is 11.7. The summed E-state index contributed by atoms with van der Waals surface area (Å²) >= 11 is 0. The van der Waals surface area contributed by atoms with E-state index < -0.39 is 9.84 Å². The molecule has 2 saturated heterocycles. The first-order chi connectivity index (χ1) is 9.00. The molecule has 0 aliphatic carbocycles. The van der Waals surface area contributed by atoms with E-state index >= 15 is 0 Å². The summed E-state index contributed by atoms with van der Waals surface area (Å²) < 4.78 is 22.6. The molecule has 2 aliphatic rings. The highest BCUT2D eigenvalue weighted by molar-refractivity contribution is 7.91. The average Bonchev–Trinajstić information content (AvgIpc) is 2.92. The molecule has 2 heterocycles. The number of nitrogens with zero attached hydrogens (tertiary/aromatic N) is 1. The second kappa shape index (κ2) is 6.09. The number of likely N-dealkylation sites (N-methyl/N-ethyl adjacent to an activating group) is 1. The summed E-state index contributed by atoms with van der Waals surface area (Å²) in [6, 6.07) is -0.0519. The quantitative estimate of drug-likeness (QED) is 0.761. The number of urea groups is 1. The van der Waals surface area contributed by atoms with E-state index in [1.807, 2.05) is 0 Å². The number of carbonyl (C=O) groups is 1. The zero-order valence-corrected chi connectivity index (χ0v) is 12.2. The van der Waals surface area contributed by atoms with Gasteiger partial charge in [-0.3, -0.25) is 4.90 Å². The molecule has 19 heavy (non-hydrogen) atoms. The lowest BCUT2D eigenvalue weighted by molar-refractivity contribution is 0.226. The maximum Gasteiger partial charge on any atom is 0.315 e. The molecule has 0 aromatic heterocycles. The van der Waals surface area contributed by atoms with E-state index in [1.165, 1.54) is 6.42 Å². The molecule has 2 atom stereocenters. The van der Waals surface area contributed by atoms with E-state index in [1.54, 1.807) is 0 Å². The molecule has 0 unspecified atom stereocenters. The first kappa shape index (κ1) is 14.6. The van der Waals surface area contributed by atoms with Crippen molar-refractivity contribution in [2.24, 2.45) is 0 Å². The number of nitrogens with one attached hydrogen (secondary N) is 2. The third kappa shape index (κ3) is 4.07. The smallest absolute Gasteiger partial charge is 0.315 e. The number of rotatable bonds is 4. The molecular formula is C12H23N3O3S. The van der Waals surface area contributed by atoms with Gasteiger partial charge in [0, 0.05) is 18.6 Å². The van der Waals surface area contributed by atoms with E-state index in [9.17, 15) is 13.2 Å². The van der Waals surface area contributed by atoms with Crippen LogP contribution in [-0.2, 0) is 9.84 Å². The zero-order chi connectivity index (χ0) is 13.9. The summed E-state index contributed by atoms with van der Waals surface area (Å²) in [4.78, 5) is 14.1. The third-order valence-corrected chi connectivity index (χ3v) is 5.74. The van der Waals surface area contributed by atoms with Crippen LogP contribution >= 0.6 is 0 Å². The van der Waals surface area contributed by atoms with Gasteiger partial charge in [0.1, 0.15) is 0 Å². The topological polar surface area (TPSA) is 78.5 Å². The molecule has 2 rings (SSSR count). The van der Waals surface area contributed by atoms with E-state index in [2.05, 4.69) is 22.5 Å². The van der Waals surface area contributed by atoms with Crippen LogP contribution in [-0.4, -0.2) is 62.6 Å². The molecule has 2 N–H and O–H groups in total. The van der Waals surface area contributed by atoms with Crippen LogP contribution in [0.1, 0.15) is 26.2 Å². The van der Waals surface area contributed by atoms with Gasteiger partial charge in [-0.15, -0.1) is 0 Å². The Morgan fingerprint density at radius 1 is 1.37 bits per heavy atom. The summed E-state index contributed by atoms with van der Waals surface area (Å²) in [7, 11) is -2.94. The third-order valence-electron chi connectivity index (χ3n) is 3.97. The van der Waals surface area contributed by atoms with E-state index in [0.29, 0.717) is 19.0 Å². The van der Waals surface area contributed by atoms with Gasteiger partial charge in [0.15, 0.2) is 9.84 Å². The SMILES string of the molecule is CCN1CCC[C@@H]1CNC(=O)N[C@H]1CCS(=O)(=O)C1. The number of amides is 2. The summed E-state index contributed by atoms with van der Waals surface area (Å²) in [6.07, 6.45) is 2.83. The van der Waals surface area contributed by atoms with Gasteiger partial charge in [-0.05, 0) is 32.4 Å². The Balaban J connectivity index is 1.70. The van der Waals surface area contributed by atoms with Crippen molar-refractivity contribution in [3.63, 3.8) is 0 Å². The van der Waals surface area contributed by atoms with Gasteiger partial charge in [0.25, 0.3) is 0 Å². The molecule has 7 heteroatoms. The van der Waals surface area contributed by atoms with Crippen molar-refractivity contribution in [3.8, 4) is 0 Å². The largest absolute Gasteiger partial charge is 0.337 e. The lowest BCUT2D eigenvalue weighted by Crippen LogP contribution is -2.47. The van der Waals surface area contributed by atoms with Crippen molar-refractivity contribution in [1.82, 2.24) is 15.5 Å². The average molecular weight is 289 g/mol. The first-order valence-corrected chi connectivity index (χ1v) is 8.81. The van der Waals surface area contributed by atoms with E-state index in [-0.39, 0.29) is 23.6 Å². The molecule has 6 nitrogen and oxygen atoms in total. The van der Waals surface area contributed by atoms with Crippen molar-refractivity contribution in [1.29, 1.82) is 0 Å². The lowest BCUT2D eigenvalue weighted by Gasteiger charge is -2.23. The van der Waals surface area contributed by atoms with Crippen LogP contribution in [0.15, 0.2) is 0 Å². The lowest BCUT2D eigenvalue weighted by atomic mass is 10.2. The number of hydrogen-bond donors (Lipinski definition) is 2. The van der Waals surface area contributed by atoms with Gasteiger partial charge < -0.3 is 10.6 Å². The van der Waals surface area contributed by atoms with Crippen LogP contribution in [0.25, 0.3) is 0 Å². The van der Waals surface area contributed by atoms with Crippen LogP contribution < -0.4 is 10.6 Å². The van der Waals surface area contributed by atoms with Gasteiger partial charge >= 0.3 is 6.03 Å². The van der Waals surface area contributed by atoms with Crippen LogP contribution in [0, 0.1) is 0 Å². The van der Waals surface area contributed by atoms with Crippen molar-refractivity contribution in [3.05, 3.63) is 0 Å². The Morgan fingerprint density at radius 2 is 2.16 bits per heavy atom. The molecular weight excluding hydrogens is 266 g/mol. The standard InChI is InChI=1S/C12H23N3O3S/c1-2-15-6-3-4-11(15)8-13-12(16)14-10-5-7-19(17,18)9-10/h10-11H,2-9H2,1H3,(H2,13,14,16)/t10-,11+/m0/s1. The van der Waals surface area contributed by atoms with Crippen LogP contribution in [0.3, 0.4) is 0 Å². The highest BCUT2D eigenvalue weighted by Crippen LogP contribution is 2.15. The molecule has 0 saturated carbocycles.